The first-order chi connectivity index (χ1) is 12.8. The Morgan fingerprint density at radius 1 is 1.00 bits per heavy atom. The van der Waals surface area contributed by atoms with E-state index in [4.69, 9.17) is 0 Å². The molecule has 4 aliphatic rings. The molecule has 1 fully saturated rings. The van der Waals surface area contributed by atoms with Gasteiger partial charge in [0, 0.05) is 17.8 Å². The molecule has 26 heavy (non-hydrogen) atoms. The van der Waals surface area contributed by atoms with Gasteiger partial charge in [0.15, 0.2) is 5.78 Å². The molecular weight excluding hydrogens is 322 g/mol. The van der Waals surface area contributed by atoms with E-state index in [1.165, 1.54) is 56.1 Å². The highest BCUT2D eigenvalue weighted by molar-refractivity contribution is 6.01. The van der Waals surface area contributed by atoms with E-state index in [2.05, 4.69) is 33.1 Å². The second-order valence-electron chi connectivity index (χ2n) is 8.03. The number of anilines is 1. The van der Waals surface area contributed by atoms with Crippen molar-refractivity contribution in [3.8, 4) is 0 Å². The lowest BCUT2D eigenvalue weighted by atomic mass is 9.60. The molecule has 4 nitrogen and oxygen atoms in total. The molecule has 2 bridgehead atoms. The van der Waals surface area contributed by atoms with Crippen LogP contribution in [-0.4, -0.2) is 27.8 Å². The van der Waals surface area contributed by atoms with E-state index in [-0.39, 0.29) is 23.3 Å². The van der Waals surface area contributed by atoms with E-state index in [0.29, 0.717) is 5.95 Å². The summed E-state index contributed by atoms with van der Waals surface area (Å²) in [5.41, 5.74) is 2.85. The molecule has 1 aromatic heterocycles. The number of fused-ring (bicyclic) bond motifs is 5. The summed E-state index contributed by atoms with van der Waals surface area (Å²) >= 11 is 0. The molecule has 0 radical (unpaired) electrons. The van der Waals surface area contributed by atoms with Gasteiger partial charge in [-0.25, -0.2) is 9.97 Å². The first-order valence-corrected chi connectivity index (χ1v) is 9.99. The van der Waals surface area contributed by atoms with Crippen LogP contribution in [0.4, 0.5) is 5.95 Å². The van der Waals surface area contributed by atoms with Gasteiger partial charge in [-0.15, -0.1) is 0 Å². The molecule has 1 saturated carbocycles. The molecule has 5 rings (SSSR count). The van der Waals surface area contributed by atoms with Gasteiger partial charge in [0.1, 0.15) is 6.04 Å². The van der Waals surface area contributed by atoms with Crippen LogP contribution in [0.2, 0.25) is 0 Å². The Morgan fingerprint density at radius 2 is 1.73 bits per heavy atom. The molecule has 134 valence electrons. The summed E-state index contributed by atoms with van der Waals surface area (Å²) in [7, 11) is 0. The molecule has 0 unspecified atom stereocenters. The third kappa shape index (κ3) is 2.24. The lowest BCUT2D eigenvalue weighted by Crippen LogP contribution is -2.61. The van der Waals surface area contributed by atoms with Crippen molar-refractivity contribution in [1.82, 2.24) is 9.97 Å². The fourth-order valence-corrected chi connectivity index (χ4v) is 5.65. The summed E-state index contributed by atoms with van der Waals surface area (Å²) in [6.07, 6.45) is 21.9. The topological polar surface area (TPSA) is 46.1 Å². The van der Waals surface area contributed by atoms with E-state index in [1.54, 1.807) is 12.4 Å². The molecule has 1 spiro atoms. The Labute approximate surface area is 154 Å². The van der Waals surface area contributed by atoms with Gasteiger partial charge in [0.25, 0.3) is 0 Å². The zero-order chi connectivity index (χ0) is 17.6. The van der Waals surface area contributed by atoms with Crippen molar-refractivity contribution in [2.75, 3.05) is 4.90 Å². The lowest BCUT2D eigenvalue weighted by molar-refractivity contribution is -0.116. The Hall–Kier alpha value is -2.23. The first-order valence-electron chi connectivity index (χ1n) is 9.99. The van der Waals surface area contributed by atoms with Crippen molar-refractivity contribution in [3.63, 3.8) is 0 Å². The van der Waals surface area contributed by atoms with Gasteiger partial charge in [0.05, 0.1) is 6.04 Å². The van der Waals surface area contributed by atoms with Crippen molar-refractivity contribution in [3.05, 3.63) is 53.9 Å². The van der Waals surface area contributed by atoms with Crippen molar-refractivity contribution in [2.24, 2.45) is 5.41 Å². The second kappa shape index (κ2) is 6.19. The number of ketones is 1. The molecular formula is C22H25N3O. The molecule has 4 heteroatoms. The zero-order valence-corrected chi connectivity index (χ0v) is 15.1. The van der Waals surface area contributed by atoms with Gasteiger partial charge in [-0.3, -0.25) is 4.79 Å². The minimum absolute atomic E-state index is 0.0929. The molecule has 0 amide bonds. The van der Waals surface area contributed by atoms with E-state index < -0.39 is 0 Å². The predicted molar refractivity (Wildman–Crippen MR) is 102 cm³/mol. The van der Waals surface area contributed by atoms with Crippen molar-refractivity contribution < 1.29 is 4.79 Å². The van der Waals surface area contributed by atoms with Crippen LogP contribution in [0.15, 0.2) is 53.9 Å². The standard InChI is InChI=1S/C22H25N3O/c26-18-10-11-19-22(12-4-2-1-3-5-13-22)17-9-6-8-16(17)20(18)25(19)21-23-14-7-15-24-21/h6-7,9-11,14-15,19-20H,1-5,8,12-13H2/t19-,20-/m1/s1. The number of nitrogens with zero attached hydrogens (tertiary/aromatic N) is 3. The van der Waals surface area contributed by atoms with Crippen LogP contribution in [0.25, 0.3) is 0 Å². The van der Waals surface area contributed by atoms with Crippen molar-refractivity contribution in [1.29, 1.82) is 0 Å². The maximum absolute atomic E-state index is 12.9. The van der Waals surface area contributed by atoms with Crippen LogP contribution in [0, 0.1) is 5.41 Å². The fraction of sp³-hybridized carbons (Fsp3) is 0.500. The van der Waals surface area contributed by atoms with Crippen LogP contribution in [0.3, 0.4) is 0 Å². The highest BCUT2D eigenvalue weighted by Gasteiger charge is 2.54. The van der Waals surface area contributed by atoms with Gasteiger partial charge in [-0.1, -0.05) is 50.3 Å². The molecule has 2 aliphatic carbocycles. The van der Waals surface area contributed by atoms with Gasteiger partial charge in [-0.05, 0) is 42.6 Å². The highest BCUT2D eigenvalue weighted by Crippen LogP contribution is 2.55. The van der Waals surface area contributed by atoms with Gasteiger partial charge in [0.2, 0.25) is 5.95 Å². The Bertz CT molecular complexity index is 800. The van der Waals surface area contributed by atoms with E-state index in [9.17, 15) is 4.79 Å². The summed E-state index contributed by atoms with van der Waals surface area (Å²) in [5, 5.41) is 0. The molecule has 2 aliphatic heterocycles. The van der Waals surface area contributed by atoms with E-state index in [1.807, 2.05) is 12.1 Å². The normalized spacial score (nSPS) is 29.7. The third-order valence-electron chi connectivity index (χ3n) is 6.72. The summed E-state index contributed by atoms with van der Waals surface area (Å²) in [5.74, 6) is 0.866. The van der Waals surface area contributed by atoms with E-state index in [0.717, 1.165) is 6.42 Å². The number of rotatable bonds is 1. The minimum Gasteiger partial charge on any atom is -0.319 e. The first kappa shape index (κ1) is 16.0. The van der Waals surface area contributed by atoms with Crippen molar-refractivity contribution >= 4 is 11.7 Å². The minimum atomic E-state index is -0.228. The number of hydrogen-bond donors (Lipinski definition) is 0. The number of aromatic nitrogens is 2. The molecule has 3 heterocycles. The van der Waals surface area contributed by atoms with Gasteiger partial charge in [-0.2, -0.15) is 0 Å². The largest absolute Gasteiger partial charge is 0.319 e. The SMILES string of the molecule is O=C1C=C[C@H]2N(c3ncccn3)[C@@H]1C1=C(C=CC1)C21CCCCCCC1. The number of hydrogen-bond acceptors (Lipinski definition) is 4. The summed E-state index contributed by atoms with van der Waals surface area (Å²) < 4.78 is 0. The van der Waals surface area contributed by atoms with E-state index >= 15 is 0 Å². The molecule has 0 N–H and O–H groups in total. The van der Waals surface area contributed by atoms with Crippen LogP contribution in [0.5, 0.6) is 0 Å². The summed E-state index contributed by atoms with van der Waals surface area (Å²) in [6, 6.07) is 1.79. The average molecular weight is 347 g/mol. The van der Waals surface area contributed by atoms with Gasteiger partial charge >= 0.3 is 0 Å². The number of carbonyl (C=O) groups is 1. The Balaban J connectivity index is 1.70. The summed E-state index contributed by atoms with van der Waals surface area (Å²) in [4.78, 5) is 24.2. The monoisotopic (exact) mass is 347 g/mol. The van der Waals surface area contributed by atoms with Crippen LogP contribution < -0.4 is 4.90 Å². The smallest absolute Gasteiger partial charge is 0.226 e. The van der Waals surface area contributed by atoms with Gasteiger partial charge < -0.3 is 4.90 Å². The van der Waals surface area contributed by atoms with Crippen LogP contribution in [0.1, 0.15) is 51.4 Å². The second-order valence-corrected chi connectivity index (χ2v) is 8.03. The maximum Gasteiger partial charge on any atom is 0.226 e. The zero-order valence-electron chi connectivity index (χ0n) is 15.1. The van der Waals surface area contributed by atoms with Crippen LogP contribution >= 0.6 is 0 Å². The summed E-state index contributed by atoms with van der Waals surface area (Å²) in [6.45, 7) is 0. The van der Waals surface area contributed by atoms with Crippen LogP contribution in [-0.2, 0) is 4.79 Å². The lowest BCUT2D eigenvalue weighted by Gasteiger charge is -2.55. The quantitative estimate of drug-likeness (QED) is 0.765. The van der Waals surface area contributed by atoms with Crippen molar-refractivity contribution in [2.45, 2.75) is 63.5 Å². The third-order valence-corrected chi connectivity index (χ3v) is 6.72. The Morgan fingerprint density at radius 3 is 2.50 bits per heavy atom. The average Bonchev–Trinajstić information content (AvgIpc) is 3.13. The molecule has 2 atom stereocenters. The number of carbonyl (C=O) groups excluding carboxylic acids is 1. The maximum atomic E-state index is 12.9. The predicted octanol–water partition coefficient (Wildman–Crippen LogP) is 4.16. The molecule has 1 aromatic rings. The molecule has 0 saturated heterocycles. The fourth-order valence-electron chi connectivity index (χ4n) is 5.65. The Kier molecular flexibility index (Phi) is 3.80. The molecule has 0 aromatic carbocycles. The highest BCUT2D eigenvalue weighted by atomic mass is 16.1. The number of allylic oxidation sites excluding steroid dienone is 2.